The molecule has 5 rings (SSSR count). The predicted octanol–water partition coefficient (Wildman–Crippen LogP) is 6.43. The van der Waals surface area contributed by atoms with Gasteiger partial charge in [-0.2, -0.15) is 9.97 Å². The molecule has 0 amide bonds. The highest BCUT2D eigenvalue weighted by Crippen LogP contribution is 2.40. The lowest BCUT2D eigenvalue weighted by atomic mass is 9.77. The van der Waals surface area contributed by atoms with Crippen LogP contribution in [0.25, 0.3) is 11.2 Å². The zero-order valence-electron chi connectivity index (χ0n) is 20.8. The highest BCUT2D eigenvalue weighted by Gasteiger charge is 2.37. The molecule has 0 fully saturated rings. The van der Waals surface area contributed by atoms with Crippen LogP contribution < -0.4 is 10.1 Å². The van der Waals surface area contributed by atoms with Crippen LogP contribution >= 0.6 is 0 Å². The summed E-state index contributed by atoms with van der Waals surface area (Å²) in [4.78, 5) is 14.3. The minimum atomic E-state index is -0.727. The van der Waals surface area contributed by atoms with Crippen molar-refractivity contribution in [2.45, 2.75) is 38.3 Å². The van der Waals surface area contributed by atoms with E-state index in [1.54, 1.807) is 7.11 Å². The first-order valence-electron chi connectivity index (χ1n) is 12.5. The van der Waals surface area contributed by atoms with Crippen molar-refractivity contribution >= 4 is 17.1 Å². The number of imidazole rings is 1. The van der Waals surface area contributed by atoms with Gasteiger partial charge in [0, 0.05) is 6.54 Å². The van der Waals surface area contributed by atoms with Crippen LogP contribution in [0.15, 0.2) is 97.3 Å². The zero-order chi connectivity index (χ0) is 24.8. The molecule has 0 atom stereocenters. The van der Waals surface area contributed by atoms with E-state index >= 15 is 0 Å². The molecule has 182 valence electrons. The molecule has 0 unspecified atom stereocenters. The quantitative estimate of drug-likeness (QED) is 0.185. The van der Waals surface area contributed by atoms with Crippen LogP contribution in [0.5, 0.6) is 5.88 Å². The number of fused-ring (bicyclic) bond motifs is 1. The molecule has 0 saturated carbocycles. The predicted molar refractivity (Wildman–Crippen MR) is 144 cm³/mol. The molecule has 0 saturated heterocycles. The van der Waals surface area contributed by atoms with Gasteiger partial charge in [-0.1, -0.05) is 111 Å². The first-order chi connectivity index (χ1) is 17.8. The fourth-order valence-electron chi connectivity index (χ4n) is 4.76. The number of ether oxygens (including phenoxy) is 1. The average molecular weight is 478 g/mol. The van der Waals surface area contributed by atoms with E-state index in [1.807, 2.05) is 24.5 Å². The van der Waals surface area contributed by atoms with E-state index in [4.69, 9.17) is 14.7 Å². The standard InChI is InChI=1S/C30H31N5O/c1-3-4-14-21-35-22-31-26-27(35)32-29(33-28(26)36-2)34-30(23-15-8-5-9-16-23,24-17-10-6-11-18-24)25-19-12-7-13-20-25/h5-13,15-20,22H,3-4,14,21H2,1-2H3,(H,32,33,34). The number of rotatable bonds is 10. The maximum absolute atomic E-state index is 5.67. The number of nitrogens with zero attached hydrogens (tertiary/aromatic N) is 4. The summed E-state index contributed by atoms with van der Waals surface area (Å²) in [7, 11) is 1.63. The summed E-state index contributed by atoms with van der Waals surface area (Å²) in [6.45, 7) is 3.06. The van der Waals surface area contributed by atoms with E-state index in [-0.39, 0.29) is 0 Å². The fraction of sp³-hybridized carbons (Fsp3) is 0.233. The van der Waals surface area contributed by atoms with Crippen LogP contribution in [0.2, 0.25) is 0 Å². The SMILES string of the molecule is CCCCCn1cnc2c(OC)nc(NC(c3ccccc3)(c3ccccc3)c3ccccc3)nc21. The monoisotopic (exact) mass is 477 g/mol. The second-order valence-electron chi connectivity index (χ2n) is 8.85. The molecule has 2 heterocycles. The van der Waals surface area contributed by atoms with Crippen molar-refractivity contribution in [1.82, 2.24) is 19.5 Å². The van der Waals surface area contributed by atoms with E-state index in [2.05, 4.69) is 94.6 Å². The molecule has 0 bridgehead atoms. The number of anilines is 1. The molecule has 0 spiro atoms. The minimum Gasteiger partial charge on any atom is -0.479 e. The summed E-state index contributed by atoms with van der Waals surface area (Å²) < 4.78 is 7.76. The summed E-state index contributed by atoms with van der Waals surface area (Å²) in [6, 6.07) is 31.3. The van der Waals surface area contributed by atoms with E-state index in [0.717, 1.165) is 48.1 Å². The van der Waals surface area contributed by atoms with Crippen LogP contribution in [0, 0.1) is 0 Å². The Morgan fingerprint density at radius 1 is 0.778 bits per heavy atom. The average Bonchev–Trinajstić information content (AvgIpc) is 3.35. The van der Waals surface area contributed by atoms with Gasteiger partial charge in [0.25, 0.3) is 0 Å². The van der Waals surface area contributed by atoms with Gasteiger partial charge < -0.3 is 14.6 Å². The first kappa shape index (κ1) is 23.5. The summed E-state index contributed by atoms with van der Waals surface area (Å²) in [5.41, 5.74) is 3.97. The molecule has 0 aliphatic heterocycles. The number of methoxy groups -OCH3 is 1. The molecule has 3 aromatic carbocycles. The second kappa shape index (κ2) is 10.6. The summed E-state index contributed by atoms with van der Waals surface area (Å²) in [5.74, 6) is 0.938. The third kappa shape index (κ3) is 4.42. The fourth-order valence-corrected chi connectivity index (χ4v) is 4.76. The Bertz CT molecular complexity index is 1300. The maximum Gasteiger partial charge on any atom is 0.246 e. The van der Waals surface area contributed by atoms with Gasteiger partial charge in [0.2, 0.25) is 11.8 Å². The normalized spacial score (nSPS) is 11.5. The van der Waals surface area contributed by atoms with Gasteiger partial charge in [0.15, 0.2) is 11.2 Å². The van der Waals surface area contributed by atoms with Crippen LogP contribution in [0.1, 0.15) is 42.9 Å². The van der Waals surface area contributed by atoms with Crippen LogP contribution in [-0.4, -0.2) is 26.6 Å². The molecule has 6 nitrogen and oxygen atoms in total. The number of hydrogen-bond donors (Lipinski definition) is 1. The lowest BCUT2D eigenvalue weighted by molar-refractivity contribution is 0.402. The van der Waals surface area contributed by atoms with Gasteiger partial charge in [-0.05, 0) is 23.1 Å². The Labute approximate surface area is 212 Å². The topological polar surface area (TPSA) is 64.9 Å². The van der Waals surface area contributed by atoms with E-state index in [0.29, 0.717) is 17.3 Å². The van der Waals surface area contributed by atoms with Crippen molar-refractivity contribution in [3.8, 4) is 5.88 Å². The van der Waals surface area contributed by atoms with Crippen molar-refractivity contribution in [3.63, 3.8) is 0 Å². The Balaban J connectivity index is 1.71. The minimum absolute atomic E-state index is 0.458. The van der Waals surface area contributed by atoms with Gasteiger partial charge in [-0.3, -0.25) is 0 Å². The number of aromatic nitrogens is 4. The maximum atomic E-state index is 5.67. The Hall–Kier alpha value is -4.19. The third-order valence-electron chi connectivity index (χ3n) is 6.55. The van der Waals surface area contributed by atoms with Crippen LogP contribution in [-0.2, 0) is 12.1 Å². The smallest absolute Gasteiger partial charge is 0.246 e. The number of hydrogen-bond acceptors (Lipinski definition) is 5. The van der Waals surface area contributed by atoms with Crippen molar-refractivity contribution in [3.05, 3.63) is 114 Å². The van der Waals surface area contributed by atoms with E-state index in [1.165, 1.54) is 0 Å². The van der Waals surface area contributed by atoms with Crippen molar-refractivity contribution in [2.75, 3.05) is 12.4 Å². The molecule has 5 aromatic rings. The third-order valence-corrected chi connectivity index (χ3v) is 6.55. The van der Waals surface area contributed by atoms with Gasteiger partial charge in [0.1, 0.15) is 5.54 Å². The highest BCUT2D eigenvalue weighted by atomic mass is 16.5. The summed E-state index contributed by atoms with van der Waals surface area (Å²) >= 11 is 0. The number of unbranched alkanes of at least 4 members (excludes halogenated alkanes) is 2. The molecule has 6 heteroatoms. The molecule has 2 aromatic heterocycles. The van der Waals surface area contributed by atoms with Crippen molar-refractivity contribution < 1.29 is 4.74 Å². The molecule has 0 radical (unpaired) electrons. The van der Waals surface area contributed by atoms with Crippen LogP contribution in [0.4, 0.5) is 5.95 Å². The van der Waals surface area contributed by atoms with E-state index < -0.39 is 5.54 Å². The number of benzene rings is 3. The lowest BCUT2D eigenvalue weighted by Gasteiger charge is -2.37. The zero-order valence-corrected chi connectivity index (χ0v) is 20.8. The van der Waals surface area contributed by atoms with Gasteiger partial charge >= 0.3 is 0 Å². The van der Waals surface area contributed by atoms with Gasteiger partial charge in [-0.15, -0.1) is 0 Å². The Morgan fingerprint density at radius 3 is 1.83 bits per heavy atom. The molecule has 36 heavy (non-hydrogen) atoms. The van der Waals surface area contributed by atoms with E-state index in [9.17, 15) is 0 Å². The van der Waals surface area contributed by atoms with Crippen LogP contribution in [0.3, 0.4) is 0 Å². The van der Waals surface area contributed by atoms with Crippen molar-refractivity contribution in [2.24, 2.45) is 0 Å². The Morgan fingerprint density at radius 2 is 1.33 bits per heavy atom. The second-order valence-corrected chi connectivity index (χ2v) is 8.85. The lowest BCUT2D eigenvalue weighted by Crippen LogP contribution is -2.38. The molecule has 1 N–H and O–H groups in total. The number of aryl methyl sites for hydroxylation is 1. The highest BCUT2D eigenvalue weighted by molar-refractivity contribution is 5.78. The summed E-state index contributed by atoms with van der Waals surface area (Å²) in [6.07, 6.45) is 5.22. The first-order valence-corrected chi connectivity index (χ1v) is 12.5. The summed E-state index contributed by atoms with van der Waals surface area (Å²) in [5, 5.41) is 3.75. The Kier molecular flexibility index (Phi) is 6.94. The van der Waals surface area contributed by atoms with Gasteiger partial charge in [0.05, 0.1) is 13.4 Å². The number of nitrogens with one attached hydrogen (secondary N) is 1. The van der Waals surface area contributed by atoms with Crippen molar-refractivity contribution in [1.29, 1.82) is 0 Å². The molecule has 0 aliphatic carbocycles. The molecular formula is C30H31N5O. The van der Waals surface area contributed by atoms with Gasteiger partial charge in [-0.25, -0.2) is 4.98 Å². The molecule has 0 aliphatic rings. The largest absolute Gasteiger partial charge is 0.479 e. The molecular weight excluding hydrogens is 446 g/mol.